The largest absolute Gasteiger partial charge is 0.456 e. The quantitative estimate of drug-likeness (QED) is 0.570. The number of hydrogen-bond acceptors (Lipinski definition) is 5. The molecule has 0 unspecified atom stereocenters. The monoisotopic (exact) mass is 448 g/mol. The summed E-state index contributed by atoms with van der Waals surface area (Å²) in [7, 11) is 0. The van der Waals surface area contributed by atoms with Gasteiger partial charge in [0.25, 0.3) is 5.91 Å². The van der Waals surface area contributed by atoms with E-state index in [9.17, 15) is 9.59 Å². The van der Waals surface area contributed by atoms with Crippen LogP contribution < -0.4 is 5.32 Å². The summed E-state index contributed by atoms with van der Waals surface area (Å²) in [6, 6.07) is 15.6. The lowest BCUT2D eigenvalue weighted by molar-refractivity contribution is -0.144. The van der Waals surface area contributed by atoms with Gasteiger partial charge in [-0.05, 0) is 36.4 Å². The number of rotatable bonds is 6. The van der Waals surface area contributed by atoms with Gasteiger partial charge in [0, 0.05) is 26.7 Å². The van der Waals surface area contributed by atoms with Crippen molar-refractivity contribution in [2.75, 3.05) is 6.54 Å². The van der Waals surface area contributed by atoms with Gasteiger partial charge in [-0.3, -0.25) is 9.59 Å². The fourth-order valence-corrected chi connectivity index (χ4v) is 2.59. The van der Waals surface area contributed by atoms with Crippen molar-refractivity contribution in [2.24, 2.45) is 0 Å². The first-order valence-corrected chi connectivity index (χ1v) is 9.09. The van der Waals surface area contributed by atoms with Crippen LogP contribution in [0.3, 0.4) is 0 Å². The molecule has 0 saturated heterocycles. The Morgan fingerprint density at radius 2 is 1.81 bits per heavy atom. The highest BCUT2D eigenvalue weighted by Gasteiger charge is 2.11. The second-order valence-corrected chi connectivity index (χ2v) is 6.89. The Labute approximate surface area is 168 Å². The molecule has 0 aliphatic heterocycles. The molecule has 6 nitrogen and oxygen atoms in total. The van der Waals surface area contributed by atoms with Crippen molar-refractivity contribution in [1.82, 2.24) is 10.5 Å². The van der Waals surface area contributed by atoms with E-state index in [0.717, 1.165) is 10.0 Å². The zero-order chi connectivity index (χ0) is 19.2. The van der Waals surface area contributed by atoms with Gasteiger partial charge in [-0.25, -0.2) is 0 Å². The summed E-state index contributed by atoms with van der Waals surface area (Å²) in [5.74, 6) is -0.540. The smallest absolute Gasteiger partial charge is 0.325 e. The van der Waals surface area contributed by atoms with Gasteiger partial charge in [-0.1, -0.05) is 44.8 Å². The summed E-state index contributed by atoms with van der Waals surface area (Å²) >= 11 is 9.15. The highest BCUT2D eigenvalue weighted by molar-refractivity contribution is 9.10. The summed E-state index contributed by atoms with van der Waals surface area (Å²) in [6.45, 7) is -0.319. The van der Waals surface area contributed by atoms with Crippen molar-refractivity contribution in [3.63, 3.8) is 0 Å². The minimum atomic E-state index is -0.579. The van der Waals surface area contributed by atoms with Crippen molar-refractivity contribution >= 4 is 39.4 Å². The Hall–Kier alpha value is -2.64. The van der Waals surface area contributed by atoms with E-state index in [1.165, 1.54) is 0 Å². The number of benzene rings is 2. The Balaban J connectivity index is 1.47. The highest BCUT2D eigenvalue weighted by Crippen LogP contribution is 2.21. The molecule has 1 aromatic heterocycles. The number of carbonyl (C=O) groups is 2. The number of nitrogens with zero attached hydrogens (tertiary/aromatic N) is 1. The van der Waals surface area contributed by atoms with E-state index in [1.807, 2.05) is 12.1 Å². The number of aromatic nitrogens is 1. The van der Waals surface area contributed by atoms with Crippen LogP contribution in [-0.4, -0.2) is 23.6 Å². The topological polar surface area (TPSA) is 81.4 Å². The zero-order valence-corrected chi connectivity index (χ0v) is 16.3. The van der Waals surface area contributed by atoms with Crippen molar-refractivity contribution in [3.8, 4) is 11.3 Å². The molecule has 3 rings (SSSR count). The molecule has 27 heavy (non-hydrogen) atoms. The van der Waals surface area contributed by atoms with Crippen LogP contribution in [0.25, 0.3) is 11.3 Å². The molecule has 8 heteroatoms. The van der Waals surface area contributed by atoms with Crippen LogP contribution in [0.2, 0.25) is 5.02 Å². The number of nitrogens with one attached hydrogen (secondary N) is 1. The first-order chi connectivity index (χ1) is 13.0. The predicted molar refractivity (Wildman–Crippen MR) is 103 cm³/mol. The number of carbonyl (C=O) groups excluding carboxylic acids is 2. The maximum Gasteiger partial charge on any atom is 0.325 e. The van der Waals surface area contributed by atoms with Crippen LogP contribution >= 0.6 is 27.5 Å². The van der Waals surface area contributed by atoms with Crippen LogP contribution in [0.15, 0.2) is 63.6 Å². The van der Waals surface area contributed by atoms with E-state index in [4.69, 9.17) is 20.9 Å². The molecule has 0 saturated carbocycles. The van der Waals surface area contributed by atoms with E-state index < -0.39 is 5.97 Å². The van der Waals surface area contributed by atoms with Crippen molar-refractivity contribution in [2.45, 2.75) is 6.61 Å². The van der Waals surface area contributed by atoms with Crippen LogP contribution in [0.4, 0.5) is 0 Å². The van der Waals surface area contributed by atoms with Crippen LogP contribution in [-0.2, 0) is 16.1 Å². The third kappa shape index (κ3) is 5.42. The van der Waals surface area contributed by atoms with E-state index in [-0.39, 0.29) is 19.1 Å². The summed E-state index contributed by atoms with van der Waals surface area (Å²) in [4.78, 5) is 23.7. The molecule has 0 fully saturated rings. The Morgan fingerprint density at radius 1 is 1.11 bits per heavy atom. The number of esters is 1. The Bertz CT molecular complexity index is 939. The molecular weight excluding hydrogens is 436 g/mol. The SMILES string of the molecule is O=C(CNC(=O)c1ccc(Br)cc1)OCc1cc(-c2ccc(Cl)cc2)no1. The molecule has 138 valence electrons. The fraction of sp³-hybridized carbons (Fsp3) is 0.105. The minimum Gasteiger partial charge on any atom is -0.456 e. The van der Waals surface area contributed by atoms with Gasteiger partial charge >= 0.3 is 5.97 Å². The number of halogens is 2. The maximum absolute atomic E-state index is 11.9. The van der Waals surface area contributed by atoms with Gasteiger partial charge in [0.15, 0.2) is 12.4 Å². The molecule has 0 spiro atoms. The standard InChI is InChI=1S/C19H14BrClN2O4/c20-14-5-1-13(2-6-14)19(25)22-10-18(24)26-11-16-9-17(23-27-16)12-3-7-15(21)8-4-12/h1-9H,10-11H2,(H,22,25). The van der Waals surface area contributed by atoms with E-state index in [1.54, 1.807) is 42.5 Å². The summed E-state index contributed by atoms with van der Waals surface area (Å²) in [6.07, 6.45) is 0. The third-order valence-corrected chi connectivity index (χ3v) is 4.35. The summed E-state index contributed by atoms with van der Waals surface area (Å²) in [5, 5.41) is 7.06. The van der Waals surface area contributed by atoms with E-state index >= 15 is 0 Å². The van der Waals surface area contributed by atoms with Crippen LogP contribution in [0, 0.1) is 0 Å². The molecular formula is C19H14BrClN2O4. The molecule has 1 amide bonds. The average molecular weight is 450 g/mol. The molecule has 0 bridgehead atoms. The van der Waals surface area contributed by atoms with Gasteiger partial charge in [0.2, 0.25) is 0 Å². The molecule has 0 radical (unpaired) electrons. The second kappa shape index (κ2) is 8.83. The molecule has 3 aromatic rings. The van der Waals surface area contributed by atoms with Gasteiger partial charge in [-0.15, -0.1) is 0 Å². The second-order valence-electron chi connectivity index (χ2n) is 5.54. The van der Waals surface area contributed by atoms with Crippen molar-refractivity contribution in [1.29, 1.82) is 0 Å². The first kappa shape index (κ1) is 19.1. The van der Waals surface area contributed by atoms with Gasteiger partial charge < -0.3 is 14.6 Å². The van der Waals surface area contributed by atoms with Crippen LogP contribution in [0.1, 0.15) is 16.1 Å². The van der Waals surface area contributed by atoms with Gasteiger partial charge in [-0.2, -0.15) is 0 Å². The minimum absolute atomic E-state index is 0.0758. The number of amides is 1. The Kier molecular flexibility index (Phi) is 6.26. The molecule has 0 atom stereocenters. The highest BCUT2D eigenvalue weighted by atomic mass is 79.9. The van der Waals surface area contributed by atoms with Crippen molar-refractivity contribution < 1.29 is 18.8 Å². The van der Waals surface area contributed by atoms with Gasteiger partial charge in [0.1, 0.15) is 12.2 Å². The number of ether oxygens (including phenoxy) is 1. The van der Waals surface area contributed by atoms with E-state index in [2.05, 4.69) is 26.4 Å². The first-order valence-electron chi connectivity index (χ1n) is 7.92. The third-order valence-electron chi connectivity index (χ3n) is 3.57. The summed E-state index contributed by atoms with van der Waals surface area (Å²) in [5.41, 5.74) is 1.90. The average Bonchev–Trinajstić information content (AvgIpc) is 3.14. The van der Waals surface area contributed by atoms with Crippen LogP contribution in [0.5, 0.6) is 0 Å². The molecule has 1 N–H and O–H groups in total. The molecule has 1 heterocycles. The van der Waals surface area contributed by atoms with Crippen molar-refractivity contribution in [3.05, 3.63) is 75.4 Å². The normalized spacial score (nSPS) is 10.4. The van der Waals surface area contributed by atoms with E-state index in [0.29, 0.717) is 22.0 Å². The number of hydrogen-bond donors (Lipinski definition) is 1. The van der Waals surface area contributed by atoms with Gasteiger partial charge in [0.05, 0.1) is 0 Å². The fourth-order valence-electron chi connectivity index (χ4n) is 2.20. The zero-order valence-electron chi connectivity index (χ0n) is 13.9. The maximum atomic E-state index is 11.9. The summed E-state index contributed by atoms with van der Waals surface area (Å²) < 4.78 is 11.1. The molecule has 2 aromatic carbocycles. The molecule has 0 aliphatic rings. The lowest BCUT2D eigenvalue weighted by Crippen LogP contribution is -2.30. The molecule has 0 aliphatic carbocycles. The Morgan fingerprint density at radius 3 is 2.52 bits per heavy atom. The lowest BCUT2D eigenvalue weighted by Gasteiger charge is -2.05. The predicted octanol–water partition coefficient (Wildman–Crippen LogP) is 4.23. The lowest BCUT2D eigenvalue weighted by atomic mass is 10.1.